The van der Waals surface area contributed by atoms with Crippen LogP contribution in [0.15, 0.2) is 70.6 Å². The van der Waals surface area contributed by atoms with Gasteiger partial charge in [0.25, 0.3) is 5.91 Å². The van der Waals surface area contributed by atoms with E-state index in [1.807, 2.05) is 30.3 Å². The van der Waals surface area contributed by atoms with Crippen LogP contribution in [0.2, 0.25) is 5.15 Å². The monoisotopic (exact) mass is 453 g/mol. The lowest BCUT2D eigenvalue weighted by Crippen LogP contribution is -2.29. The van der Waals surface area contributed by atoms with Crippen LogP contribution in [-0.2, 0) is 11.8 Å². The summed E-state index contributed by atoms with van der Waals surface area (Å²) in [6.07, 6.45) is 0.895. The molecule has 1 amide bonds. The smallest absolute Gasteiger partial charge is 0.254 e. The Bertz CT molecular complexity index is 1020. The lowest BCUT2D eigenvalue weighted by Gasteiger charge is -2.20. The molecule has 1 atom stereocenters. The van der Waals surface area contributed by atoms with E-state index in [0.29, 0.717) is 23.1 Å². The molecule has 3 rings (SSSR count). The zero-order valence-electron chi connectivity index (χ0n) is 18.4. The molecule has 6 heteroatoms. The molecule has 0 aliphatic carbocycles. The Morgan fingerprint density at radius 1 is 1.06 bits per heavy atom. The first kappa shape index (κ1) is 23.3. The molecule has 3 aromatic rings. The van der Waals surface area contributed by atoms with Crippen molar-refractivity contribution in [1.82, 2.24) is 15.5 Å². The third kappa shape index (κ3) is 6.81. The van der Waals surface area contributed by atoms with Crippen LogP contribution in [-0.4, -0.2) is 22.6 Å². The van der Waals surface area contributed by atoms with Crippen molar-refractivity contribution in [3.63, 3.8) is 0 Å². The summed E-state index contributed by atoms with van der Waals surface area (Å²) in [5.74, 6) is 0.102. The molecule has 1 N–H and O–H groups in total. The predicted molar refractivity (Wildman–Crippen MR) is 128 cm³/mol. The molecule has 162 valence electrons. The number of rotatable bonds is 7. The van der Waals surface area contributed by atoms with E-state index >= 15 is 0 Å². The number of hydrogen-bond acceptors (Lipinski definition) is 4. The third-order valence-corrected chi connectivity index (χ3v) is 6.14. The molecule has 0 saturated heterocycles. The van der Waals surface area contributed by atoms with Gasteiger partial charge in [0, 0.05) is 11.4 Å². The van der Waals surface area contributed by atoms with Gasteiger partial charge in [-0.3, -0.25) is 4.79 Å². The molecule has 1 unspecified atom stereocenters. The number of halogens is 1. The Hall–Kier alpha value is -2.37. The lowest BCUT2D eigenvalue weighted by atomic mass is 9.86. The van der Waals surface area contributed by atoms with Gasteiger partial charge in [0.2, 0.25) is 0 Å². The second-order valence-corrected chi connectivity index (χ2v) is 10.2. The van der Waals surface area contributed by atoms with Crippen molar-refractivity contribution in [2.45, 2.75) is 49.5 Å². The van der Waals surface area contributed by atoms with E-state index in [-0.39, 0.29) is 16.5 Å². The number of benzene rings is 2. The van der Waals surface area contributed by atoms with Crippen LogP contribution in [0.1, 0.15) is 49.2 Å². The minimum atomic E-state index is -0.190. The van der Waals surface area contributed by atoms with E-state index in [2.05, 4.69) is 67.5 Å². The van der Waals surface area contributed by atoms with Crippen LogP contribution in [0.5, 0.6) is 0 Å². The summed E-state index contributed by atoms with van der Waals surface area (Å²) >= 11 is 7.41. The minimum absolute atomic E-state index is 0.146. The second kappa shape index (κ2) is 10.3. The Morgan fingerprint density at radius 2 is 1.74 bits per heavy atom. The highest BCUT2D eigenvalue weighted by molar-refractivity contribution is 7.99. The van der Waals surface area contributed by atoms with Crippen LogP contribution in [0.4, 0.5) is 0 Å². The fraction of sp³-hybridized carbons (Fsp3) is 0.320. The van der Waals surface area contributed by atoms with Gasteiger partial charge in [-0.05, 0) is 47.1 Å². The van der Waals surface area contributed by atoms with Crippen LogP contribution >= 0.6 is 23.4 Å². The van der Waals surface area contributed by atoms with Gasteiger partial charge in [0.05, 0.1) is 5.56 Å². The zero-order valence-corrected chi connectivity index (χ0v) is 19.9. The van der Waals surface area contributed by atoms with Crippen LogP contribution in [0.3, 0.4) is 0 Å². The van der Waals surface area contributed by atoms with Crippen LogP contribution in [0, 0.1) is 5.92 Å². The predicted octanol–water partition coefficient (Wildman–Crippen LogP) is 6.19. The summed E-state index contributed by atoms with van der Waals surface area (Å²) < 4.78 is 0. The first-order chi connectivity index (χ1) is 14.7. The number of amides is 1. The molecule has 4 nitrogen and oxygen atoms in total. The first-order valence-electron chi connectivity index (χ1n) is 10.4. The van der Waals surface area contributed by atoms with Gasteiger partial charge in [0.15, 0.2) is 5.15 Å². The Labute approximate surface area is 193 Å². The Balaban J connectivity index is 1.62. The average Bonchev–Trinajstić information content (AvgIpc) is 2.74. The maximum Gasteiger partial charge on any atom is 0.254 e. The molecule has 0 aliphatic heterocycles. The van der Waals surface area contributed by atoms with Crippen molar-refractivity contribution in [3.8, 4) is 0 Å². The number of nitrogens with zero attached hydrogens (tertiary/aromatic N) is 2. The van der Waals surface area contributed by atoms with Gasteiger partial charge in [-0.25, -0.2) is 0 Å². The van der Waals surface area contributed by atoms with E-state index in [1.165, 1.54) is 22.9 Å². The molecule has 0 fully saturated rings. The number of nitrogens with one attached hydrogen (secondary N) is 1. The van der Waals surface area contributed by atoms with Crippen molar-refractivity contribution in [2.75, 3.05) is 6.54 Å². The van der Waals surface area contributed by atoms with Crippen LogP contribution < -0.4 is 5.32 Å². The topological polar surface area (TPSA) is 54.9 Å². The lowest BCUT2D eigenvalue weighted by molar-refractivity contribution is 0.0944. The summed E-state index contributed by atoms with van der Waals surface area (Å²) in [6.45, 7) is 9.34. The average molecular weight is 454 g/mol. The number of carbonyl (C=O) groups is 1. The summed E-state index contributed by atoms with van der Waals surface area (Å²) in [7, 11) is 0. The second-order valence-electron chi connectivity index (χ2n) is 8.77. The standard InChI is InChI=1S/C25H28ClN3OS/c1-17(14-18-10-12-19(13-11-18)25(2,3)4)16-27-23(30)21-15-22(26)28-29-24(21)31-20-8-6-5-7-9-20/h5-13,15,17H,14,16H2,1-4H3,(H,27,30). The highest BCUT2D eigenvalue weighted by Crippen LogP contribution is 2.29. The minimum Gasteiger partial charge on any atom is -0.352 e. The van der Waals surface area contributed by atoms with Crippen LogP contribution in [0.25, 0.3) is 0 Å². The fourth-order valence-corrected chi connectivity index (χ4v) is 4.18. The van der Waals surface area contributed by atoms with Crippen molar-refractivity contribution < 1.29 is 4.79 Å². The van der Waals surface area contributed by atoms with E-state index < -0.39 is 0 Å². The van der Waals surface area contributed by atoms with E-state index in [9.17, 15) is 4.79 Å². The molecule has 2 aromatic carbocycles. The summed E-state index contributed by atoms with van der Waals surface area (Å²) in [5.41, 5.74) is 3.18. The molecule has 0 bridgehead atoms. The van der Waals surface area contributed by atoms with Gasteiger partial charge in [-0.1, -0.05) is 93.5 Å². The molecular weight excluding hydrogens is 426 g/mol. The highest BCUT2D eigenvalue weighted by Gasteiger charge is 2.17. The SMILES string of the molecule is CC(CNC(=O)c1cc(Cl)nnc1Sc1ccccc1)Cc1ccc(C(C)(C)C)cc1. The quantitative estimate of drug-likeness (QED) is 0.463. The van der Waals surface area contributed by atoms with Crippen molar-refractivity contribution in [1.29, 1.82) is 0 Å². The largest absolute Gasteiger partial charge is 0.352 e. The molecule has 1 heterocycles. The fourth-order valence-electron chi connectivity index (χ4n) is 3.17. The molecular formula is C25H28ClN3OS. The number of hydrogen-bond donors (Lipinski definition) is 1. The molecule has 0 spiro atoms. The molecule has 1 aromatic heterocycles. The maximum absolute atomic E-state index is 12.9. The van der Waals surface area contributed by atoms with Gasteiger partial charge in [-0.15, -0.1) is 10.2 Å². The molecule has 0 aliphatic rings. The normalized spacial score (nSPS) is 12.4. The van der Waals surface area contributed by atoms with Gasteiger partial charge < -0.3 is 5.32 Å². The summed E-state index contributed by atoms with van der Waals surface area (Å²) in [6, 6.07) is 20.1. The van der Waals surface area contributed by atoms with E-state index in [1.54, 1.807) is 6.07 Å². The van der Waals surface area contributed by atoms with Crippen molar-refractivity contribution in [2.24, 2.45) is 5.92 Å². The number of carbonyl (C=O) groups excluding carboxylic acids is 1. The first-order valence-corrected chi connectivity index (χ1v) is 11.6. The van der Waals surface area contributed by atoms with Gasteiger partial charge in [-0.2, -0.15) is 0 Å². The highest BCUT2D eigenvalue weighted by atomic mass is 35.5. The maximum atomic E-state index is 12.9. The van der Waals surface area contributed by atoms with E-state index in [0.717, 1.165) is 11.3 Å². The molecule has 0 radical (unpaired) electrons. The summed E-state index contributed by atoms with van der Waals surface area (Å²) in [4.78, 5) is 13.9. The van der Waals surface area contributed by atoms with Gasteiger partial charge >= 0.3 is 0 Å². The number of aromatic nitrogens is 2. The summed E-state index contributed by atoms with van der Waals surface area (Å²) in [5, 5.41) is 11.8. The molecule has 31 heavy (non-hydrogen) atoms. The Kier molecular flexibility index (Phi) is 7.74. The van der Waals surface area contributed by atoms with Gasteiger partial charge in [0.1, 0.15) is 5.03 Å². The van der Waals surface area contributed by atoms with Crippen molar-refractivity contribution in [3.05, 3.63) is 82.5 Å². The third-order valence-electron chi connectivity index (χ3n) is 4.95. The Morgan fingerprint density at radius 3 is 2.39 bits per heavy atom. The van der Waals surface area contributed by atoms with Crippen molar-refractivity contribution >= 4 is 29.3 Å². The van der Waals surface area contributed by atoms with E-state index in [4.69, 9.17) is 11.6 Å². The zero-order chi connectivity index (χ0) is 22.4. The molecule has 0 saturated carbocycles.